The van der Waals surface area contributed by atoms with Crippen LogP contribution in [0.5, 0.6) is 0 Å². The molecule has 0 N–H and O–H groups in total. The Kier molecular flexibility index (Phi) is 2.37. The van der Waals surface area contributed by atoms with Gasteiger partial charge in [0, 0.05) is 18.0 Å². The lowest BCUT2D eigenvalue weighted by atomic mass is 10.1. The second kappa shape index (κ2) is 4.57. The topological polar surface area (TPSA) is 34.8 Å². The number of imidazole rings is 1. The normalized spacial score (nSPS) is 12.6. The van der Waals surface area contributed by atoms with Crippen LogP contribution in [0.15, 0.2) is 77.5 Å². The van der Waals surface area contributed by atoms with Crippen molar-refractivity contribution in [3.63, 3.8) is 0 Å². The monoisotopic (exact) mass is 324 g/mol. The number of rotatable bonds is 1. The molecule has 0 atom stereocenters. The van der Waals surface area contributed by atoms with Crippen LogP contribution in [0, 0.1) is 0 Å². The Hall–Kier alpha value is -3.40. The van der Waals surface area contributed by atoms with Crippen LogP contribution in [-0.2, 0) is 6.54 Å². The molecule has 0 saturated heterocycles. The molecule has 0 unspecified atom stereocenters. The number of hydrogen-bond acceptors (Lipinski definition) is 2. The fourth-order valence-corrected chi connectivity index (χ4v) is 3.93. The lowest BCUT2D eigenvalue weighted by Gasteiger charge is -2.00. The Bertz CT molecular complexity index is 1260. The smallest absolute Gasteiger partial charge is 0.344 e. The zero-order chi connectivity index (χ0) is 16.4. The molecule has 0 bridgehead atoms. The molecule has 4 heterocycles. The Labute approximate surface area is 143 Å². The van der Waals surface area contributed by atoms with E-state index in [-0.39, 0.29) is 0 Å². The van der Waals surface area contributed by atoms with Gasteiger partial charge in [-0.1, -0.05) is 30.3 Å². The molecule has 6 rings (SSSR count). The second-order valence-corrected chi connectivity index (χ2v) is 6.37. The predicted molar refractivity (Wildman–Crippen MR) is 95.6 cm³/mol. The van der Waals surface area contributed by atoms with Crippen molar-refractivity contribution in [1.82, 2.24) is 9.55 Å². The van der Waals surface area contributed by atoms with Gasteiger partial charge in [0.15, 0.2) is 0 Å². The zero-order valence-electron chi connectivity index (χ0n) is 13.4. The molecule has 1 aliphatic rings. The molecule has 2 aromatic carbocycles. The molecular weight excluding hydrogens is 310 g/mol. The standard InChI is InChI=1S/C21H14N3O/c1-2-6-15(7-3-1)24-20-16-10-11-22-12-14(16)13-23(20)19-17-8-4-5-9-18(17)25-21(19)24/h1-12H,13H2/q+1. The number of aromatic nitrogens is 3. The zero-order valence-corrected chi connectivity index (χ0v) is 13.4. The first kappa shape index (κ1) is 13.0. The Morgan fingerprint density at radius 1 is 0.960 bits per heavy atom. The number of fused-ring (bicyclic) bond motifs is 7. The number of nitrogens with zero attached hydrogens (tertiary/aromatic N) is 3. The Morgan fingerprint density at radius 2 is 1.80 bits per heavy atom. The van der Waals surface area contributed by atoms with Crippen LogP contribution in [0.4, 0.5) is 0 Å². The molecule has 5 aromatic rings. The Balaban J connectivity index is 1.83. The Morgan fingerprint density at radius 3 is 2.72 bits per heavy atom. The van der Waals surface area contributed by atoms with Crippen molar-refractivity contribution in [1.29, 1.82) is 0 Å². The highest BCUT2D eigenvalue weighted by Gasteiger charge is 2.38. The summed E-state index contributed by atoms with van der Waals surface area (Å²) in [5, 5.41) is 1.15. The summed E-state index contributed by atoms with van der Waals surface area (Å²) in [7, 11) is 0. The van der Waals surface area contributed by atoms with Crippen LogP contribution in [0.3, 0.4) is 0 Å². The fourth-order valence-electron chi connectivity index (χ4n) is 3.93. The summed E-state index contributed by atoms with van der Waals surface area (Å²) in [5.74, 6) is 1.16. The summed E-state index contributed by atoms with van der Waals surface area (Å²) in [6, 6.07) is 20.7. The minimum Gasteiger partial charge on any atom is -0.419 e. The van der Waals surface area contributed by atoms with Crippen LogP contribution < -0.4 is 4.57 Å². The highest BCUT2D eigenvalue weighted by atomic mass is 16.3. The van der Waals surface area contributed by atoms with Gasteiger partial charge < -0.3 is 4.42 Å². The highest BCUT2D eigenvalue weighted by molar-refractivity contribution is 6.01. The van der Waals surface area contributed by atoms with Crippen LogP contribution in [-0.4, -0.2) is 9.55 Å². The molecule has 25 heavy (non-hydrogen) atoms. The summed E-state index contributed by atoms with van der Waals surface area (Å²) in [6.07, 6.45) is 3.82. The minimum atomic E-state index is 0.818. The lowest BCUT2D eigenvalue weighted by molar-refractivity contribution is -0.645. The van der Waals surface area contributed by atoms with E-state index in [1.54, 1.807) is 0 Å². The van der Waals surface area contributed by atoms with E-state index in [2.05, 4.69) is 56.6 Å². The van der Waals surface area contributed by atoms with Crippen molar-refractivity contribution in [2.24, 2.45) is 0 Å². The summed E-state index contributed by atoms with van der Waals surface area (Å²) < 4.78 is 10.8. The van der Waals surface area contributed by atoms with Crippen LogP contribution >= 0.6 is 0 Å². The van der Waals surface area contributed by atoms with Crippen LogP contribution in [0.1, 0.15) is 5.56 Å². The van der Waals surface area contributed by atoms with E-state index in [0.29, 0.717) is 0 Å². The average Bonchev–Trinajstić information content (AvgIpc) is 3.29. The quantitative estimate of drug-likeness (QED) is 0.427. The molecular formula is C21H14N3O+. The van der Waals surface area contributed by atoms with Crippen molar-refractivity contribution >= 4 is 22.2 Å². The van der Waals surface area contributed by atoms with Gasteiger partial charge in [-0.05, 0) is 30.3 Å². The molecule has 0 amide bonds. The fraction of sp³-hybridized carbons (Fsp3) is 0.0476. The van der Waals surface area contributed by atoms with Crippen molar-refractivity contribution < 1.29 is 8.98 Å². The number of benzene rings is 2. The molecule has 4 heteroatoms. The van der Waals surface area contributed by atoms with Crippen LogP contribution in [0.2, 0.25) is 0 Å². The first-order valence-corrected chi connectivity index (χ1v) is 8.36. The number of para-hydroxylation sites is 2. The van der Waals surface area contributed by atoms with Gasteiger partial charge in [0.2, 0.25) is 5.52 Å². The highest BCUT2D eigenvalue weighted by Crippen LogP contribution is 2.37. The van der Waals surface area contributed by atoms with Gasteiger partial charge in [-0.25, -0.2) is 4.57 Å². The molecule has 3 aromatic heterocycles. The van der Waals surface area contributed by atoms with E-state index in [1.165, 1.54) is 11.1 Å². The first-order chi connectivity index (χ1) is 12.4. The van der Waals surface area contributed by atoms with E-state index in [4.69, 9.17) is 4.42 Å². The maximum Gasteiger partial charge on any atom is 0.344 e. The molecule has 0 radical (unpaired) electrons. The average molecular weight is 324 g/mol. The molecule has 0 spiro atoms. The minimum absolute atomic E-state index is 0.818. The van der Waals surface area contributed by atoms with Gasteiger partial charge in [-0.15, -0.1) is 0 Å². The summed E-state index contributed by atoms with van der Waals surface area (Å²) in [6.45, 7) is 0.818. The molecule has 0 fully saturated rings. The van der Waals surface area contributed by atoms with Crippen molar-refractivity contribution in [3.05, 3.63) is 78.6 Å². The molecule has 118 valence electrons. The predicted octanol–water partition coefficient (Wildman–Crippen LogP) is 4.09. The van der Waals surface area contributed by atoms with Gasteiger partial charge in [-0.3, -0.25) is 4.98 Å². The molecule has 0 saturated carbocycles. The molecule has 1 aliphatic heterocycles. The number of pyridine rings is 1. The van der Waals surface area contributed by atoms with E-state index >= 15 is 0 Å². The maximum absolute atomic E-state index is 6.28. The van der Waals surface area contributed by atoms with Gasteiger partial charge in [0.25, 0.3) is 5.82 Å². The van der Waals surface area contributed by atoms with E-state index in [1.807, 2.05) is 30.6 Å². The first-order valence-electron chi connectivity index (χ1n) is 8.36. The number of furan rings is 1. The molecule has 0 aliphatic carbocycles. The summed E-state index contributed by atoms with van der Waals surface area (Å²) in [4.78, 5) is 4.31. The summed E-state index contributed by atoms with van der Waals surface area (Å²) >= 11 is 0. The largest absolute Gasteiger partial charge is 0.419 e. The van der Waals surface area contributed by atoms with E-state index < -0.39 is 0 Å². The van der Waals surface area contributed by atoms with Gasteiger partial charge >= 0.3 is 5.71 Å². The lowest BCUT2D eigenvalue weighted by Crippen LogP contribution is -2.31. The third-order valence-corrected chi connectivity index (χ3v) is 4.98. The summed E-state index contributed by atoms with van der Waals surface area (Å²) in [5.41, 5.74) is 6.52. The number of hydrogen-bond donors (Lipinski definition) is 0. The van der Waals surface area contributed by atoms with Gasteiger partial charge in [0.1, 0.15) is 17.8 Å². The van der Waals surface area contributed by atoms with Crippen molar-refractivity contribution in [2.75, 3.05) is 0 Å². The maximum atomic E-state index is 6.28. The van der Waals surface area contributed by atoms with Crippen molar-refractivity contribution in [2.45, 2.75) is 6.54 Å². The van der Waals surface area contributed by atoms with E-state index in [0.717, 1.165) is 40.3 Å². The van der Waals surface area contributed by atoms with Gasteiger partial charge in [0.05, 0.1) is 10.9 Å². The third-order valence-electron chi connectivity index (χ3n) is 4.98. The van der Waals surface area contributed by atoms with Crippen LogP contribution in [0.25, 0.3) is 39.3 Å². The third kappa shape index (κ3) is 1.61. The van der Waals surface area contributed by atoms with E-state index in [9.17, 15) is 0 Å². The SMILES string of the molecule is c1ccc(-n2c3[n+](c4c5ccccc5oc42)Cc2cnccc2-3)cc1. The van der Waals surface area contributed by atoms with Crippen molar-refractivity contribution in [3.8, 4) is 17.1 Å². The van der Waals surface area contributed by atoms with Gasteiger partial charge in [-0.2, -0.15) is 4.57 Å². The molecule has 4 nitrogen and oxygen atoms in total. The second-order valence-electron chi connectivity index (χ2n) is 6.37.